The van der Waals surface area contributed by atoms with Crippen molar-refractivity contribution in [2.75, 3.05) is 5.75 Å². The van der Waals surface area contributed by atoms with Gasteiger partial charge in [0.25, 0.3) is 5.22 Å². The van der Waals surface area contributed by atoms with Gasteiger partial charge in [-0.3, -0.25) is 4.79 Å². The second-order valence-corrected chi connectivity index (χ2v) is 5.14. The first-order chi connectivity index (χ1) is 9.13. The molecule has 1 aromatic heterocycles. The van der Waals surface area contributed by atoms with Gasteiger partial charge in [0.1, 0.15) is 0 Å². The van der Waals surface area contributed by atoms with Crippen LogP contribution in [-0.4, -0.2) is 21.9 Å². The molecule has 1 heterocycles. The van der Waals surface area contributed by atoms with Crippen LogP contribution in [0.25, 0.3) is 0 Å². The largest absolute Gasteiger partial charge is 0.416 e. The second kappa shape index (κ2) is 6.58. The van der Waals surface area contributed by atoms with Crippen LogP contribution in [-0.2, 0) is 11.3 Å². The van der Waals surface area contributed by atoms with Crippen molar-refractivity contribution in [2.24, 2.45) is 0 Å². The molecule has 2 rings (SSSR count). The van der Waals surface area contributed by atoms with E-state index < -0.39 is 0 Å². The standard InChI is InChI=1S/C12H12ClN3O2S/c1-8-15-16-12(18-8)19-7-11(17)14-6-9-2-4-10(13)5-3-9/h2-5H,6-7H2,1H3,(H,14,17). The third kappa shape index (κ3) is 4.57. The van der Waals surface area contributed by atoms with E-state index in [1.165, 1.54) is 11.8 Å². The molecule has 0 spiro atoms. The van der Waals surface area contributed by atoms with Crippen molar-refractivity contribution in [3.63, 3.8) is 0 Å². The third-order valence-electron chi connectivity index (χ3n) is 2.24. The molecule has 1 N–H and O–H groups in total. The Labute approximate surface area is 119 Å². The smallest absolute Gasteiger partial charge is 0.277 e. The first-order valence-corrected chi connectivity index (χ1v) is 6.94. The van der Waals surface area contributed by atoms with E-state index >= 15 is 0 Å². The predicted octanol–water partition coefficient (Wildman–Crippen LogP) is 2.44. The summed E-state index contributed by atoms with van der Waals surface area (Å²) in [5, 5.41) is 11.4. The van der Waals surface area contributed by atoms with Crippen molar-refractivity contribution in [1.29, 1.82) is 0 Å². The molecule has 1 aromatic carbocycles. The van der Waals surface area contributed by atoms with Gasteiger partial charge >= 0.3 is 0 Å². The van der Waals surface area contributed by atoms with Crippen molar-refractivity contribution < 1.29 is 9.21 Å². The zero-order chi connectivity index (χ0) is 13.7. The molecular formula is C12H12ClN3O2S. The fourth-order valence-corrected chi connectivity index (χ4v) is 2.08. The number of nitrogens with one attached hydrogen (secondary N) is 1. The van der Waals surface area contributed by atoms with Crippen molar-refractivity contribution in [1.82, 2.24) is 15.5 Å². The molecule has 0 unspecified atom stereocenters. The number of hydrogen-bond acceptors (Lipinski definition) is 5. The van der Waals surface area contributed by atoms with Crippen LogP contribution in [0.3, 0.4) is 0 Å². The van der Waals surface area contributed by atoms with Gasteiger partial charge in [0.2, 0.25) is 11.8 Å². The number of carbonyl (C=O) groups is 1. The molecule has 1 amide bonds. The number of halogens is 1. The fraction of sp³-hybridized carbons (Fsp3) is 0.250. The van der Waals surface area contributed by atoms with E-state index in [4.69, 9.17) is 16.0 Å². The molecule has 19 heavy (non-hydrogen) atoms. The molecule has 0 aliphatic rings. The Balaban J connectivity index is 1.74. The number of thioether (sulfide) groups is 1. The van der Waals surface area contributed by atoms with Crippen molar-refractivity contribution in [3.05, 3.63) is 40.7 Å². The Morgan fingerprint density at radius 1 is 1.37 bits per heavy atom. The molecule has 0 atom stereocenters. The van der Waals surface area contributed by atoms with E-state index in [0.29, 0.717) is 22.7 Å². The van der Waals surface area contributed by atoms with Crippen LogP contribution >= 0.6 is 23.4 Å². The first-order valence-electron chi connectivity index (χ1n) is 5.57. The minimum Gasteiger partial charge on any atom is -0.416 e. The van der Waals surface area contributed by atoms with Gasteiger partial charge < -0.3 is 9.73 Å². The topological polar surface area (TPSA) is 68.0 Å². The van der Waals surface area contributed by atoms with Gasteiger partial charge in [0.15, 0.2) is 0 Å². The third-order valence-corrected chi connectivity index (χ3v) is 3.31. The van der Waals surface area contributed by atoms with E-state index in [1.54, 1.807) is 19.1 Å². The molecule has 0 saturated carbocycles. The highest BCUT2D eigenvalue weighted by molar-refractivity contribution is 7.99. The highest BCUT2D eigenvalue weighted by Crippen LogP contribution is 2.15. The van der Waals surface area contributed by atoms with Crippen LogP contribution in [0.2, 0.25) is 5.02 Å². The molecule has 0 aliphatic carbocycles. The maximum Gasteiger partial charge on any atom is 0.277 e. The summed E-state index contributed by atoms with van der Waals surface area (Å²) < 4.78 is 5.16. The summed E-state index contributed by atoms with van der Waals surface area (Å²) in [5.41, 5.74) is 0.997. The summed E-state index contributed by atoms with van der Waals surface area (Å²) >= 11 is 6.99. The monoisotopic (exact) mass is 297 g/mol. The second-order valence-electron chi connectivity index (χ2n) is 3.78. The summed E-state index contributed by atoms with van der Waals surface area (Å²) in [6.07, 6.45) is 0. The van der Waals surface area contributed by atoms with Crippen LogP contribution in [0.15, 0.2) is 33.9 Å². The van der Waals surface area contributed by atoms with Gasteiger partial charge in [-0.15, -0.1) is 10.2 Å². The Kier molecular flexibility index (Phi) is 4.81. The van der Waals surface area contributed by atoms with E-state index in [9.17, 15) is 4.79 Å². The molecule has 5 nitrogen and oxygen atoms in total. The highest BCUT2D eigenvalue weighted by Gasteiger charge is 2.07. The van der Waals surface area contributed by atoms with Crippen molar-refractivity contribution in [3.8, 4) is 0 Å². The zero-order valence-corrected chi connectivity index (χ0v) is 11.8. The minimum atomic E-state index is -0.0872. The summed E-state index contributed by atoms with van der Waals surface area (Å²) in [5.74, 6) is 0.648. The quantitative estimate of drug-likeness (QED) is 0.859. The average Bonchev–Trinajstić information content (AvgIpc) is 2.81. The number of aromatic nitrogens is 2. The van der Waals surface area contributed by atoms with Gasteiger partial charge in [-0.05, 0) is 17.7 Å². The Morgan fingerprint density at radius 2 is 2.11 bits per heavy atom. The van der Waals surface area contributed by atoms with Gasteiger partial charge in [-0.25, -0.2) is 0 Å². The molecule has 0 bridgehead atoms. The Morgan fingerprint density at radius 3 is 2.74 bits per heavy atom. The highest BCUT2D eigenvalue weighted by atomic mass is 35.5. The molecule has 2 aromatic rings. The summed E-state index contributed by atoms with van der Waals surface area (Å²) in [4.78, 5) is 11.6. The van der Waals surface area contributed by atoms with Gasteiger partial charge in [-0.1, -0.05) is 35.5 Å². The molecular weight excluding hydrogens is 286 g/mol. The Hall–Kier alpha value is -1.53. The molecule has 7 heteroatoms. The molecule has 0 fully saturated rings. The van der Waals surface area contributed by atoms with Crippen LogP contribution in [0, 0.1) is 6.92 Å². The van der Waals surface area contributed by atoms with Crippen LogP contribution in [0.4, 0.5) is 0 Å². The van der Waals surface area contributed by atoms with Gasteiger partial charge in [-0.2, -0.15) is 0 Å². The molecule has 100 valence electrons. The minimum absolute atomic E-state index is 0.0872. The number of rotatable bonds is 5. The van der Waals surface area contributed by atoms with Crippen molar-refractivity contribution >= 4 is 29.3 Å². The fourth-order valence-electron chi connectivity index (χ4n) is 1.32. The summed E-state index contributed by atoms with van der Waals surface area (Å²) in [7, 11) is 0. The zero-order valence-electron chi connectivity index (χ0n) is 10.2. The molecule has 0 saturated heterocycles. The molecule has 0 aliphatic heterocycles. The van der Waals surface area contributed by atoms with E-state index in [0.717, 1.165) is 5.56 Å². The number of carbonyl (C=O) groups excluding carboxylic acids is 1. The number of benzene rings is 1. The molecule has 0 radical (unpaired) electrons. The lowest BCUT2D eigenvalue weighted by Gasteiger charge is -2.04. The predicted molar refractivity (Wildman–Crippen MR) is 73.1 cm³/mol. The number of amides is 1. The lowest BCUT2D eigenvalue weighted by Crippen LogP contribution is -2.24. The summed E-state index contributed by atoms with van der Waals surface area (Å²) in [6, 6.07) is 7.33. The average molecular weight is 298 g/mol. The van der Waals surface area contributed by atoms with Crippen LogP contribution < -0.4 is 5.32 Å². The summed E-state index contributed by atoms with van der Waals surface area (Å²) in [6.45, 7) is 2.18. The first kappa shape index (κ1) is 13.9. The van der Waals surface area contributed by atoms with E-state index in [2.05, 4.69) is 15.5 Å². The lowest BCUT2D eigenvalue weighted by molar-refractivity contribution is -0.118. The van der Waals surface area contributed by atoms with Crippen molar-refractivity contribution in [2.45, 2.75) is 18.7 Å². The van der Waals surface area contributed by atoms with E-state index in [-0.39, 0.29) is 11.7 Å². The van der Waals surface area contributed by atoms with Gasteiger partial charge in [0.05, 0.1) is 5.75 Å². The normalized spacial score (nSPS) is 10.4. The van der Waals surface area contributed by atoms with E-state index in [1.807, 2.05) is 12.1 Å². The number of nitrogens with zero attached hydrogens (tertiary/aromatic N) is 2. The Bertz CT molecular complexity index is 556. The number of aryl methyl sites for hydroxylation is 1. The maximum absolute atomic E-state index is 11.6. The number of hydrogen-bond donors (Lipinski definition) is 1. The van der Waals surface area contributed by atoms with Crippen LogP contribution in [0.5, 0.6) is 0 Å². The van der Waals surface area contributed by atoms with Gasteiger partial charge in [0, 0.05) is 18.5 Å². The SMILES string of the molecule is Cc1nnc(SCC(=O)NCc2ccc(Cl)cc2)o1. The maximum atomic E-state index is 11.6. The van der Waals surface area contributed by atoms with Crippen LogP contribution in [0.1, 0.15) is 11.5 Å². The lowest BCUT2D eigenvalue weighted by atomic mass is 10.2.